The monoisotopic (exact) mass is 509 g/mol. The van der Waals surface area contributed by atoms with E-state index in [1.807, 2.05) is 26.0 Å². The molecule has 0 saturated carbocycles. The van der Waals surface area contributed by atoms with Crippen LogP contribution < -0.4 is 25.6 Å². The van der Waals surface area contributed by atoms with Crippen molar-refractivity contribution in [1.29, 1.82) is 0 Å². The third kappa shape index (κ3) is 8.91. The van der Waals surface area contributed by atoms with E-state index in [9.17, 15) is 9.59 Å². The van der Waals surface area contributed by atoms with Gasteiger partial charge in [-0.05, 0) is 68.0 Å². The van der Waals surface area contributed by atoms with Crippen molar-refractivity contribution in [3.05, 3.63) is 58.1 Å². The van der Waals surface area contributed by atoms with Crippen molar-refractivity contribution in [3.63, 3.8) is 0 Å². The highest BCUT2D eigenvalue weighted by Gasteiger charge is 2.10. The molecule has 0 radical (unpaired) electrons. The summed E-state index contributed by atoms with van der Waals surface area (Å²) in [5.74, 6) is 0.209. The second kappa shape index (κ2) is 12.9. The zero-order valence-electron chi connectivity index (χ0n) is 17.2. The van der Waals surface area contributed by atoms with Crippen LogP contribution in [0.15, 0.2) is 46.9 Å². The SMILES string of the molecule is CCOCCOc1cccc(C(=O)NC(=S)NNC(=O)COc2ccc(Br)c(C)c2)c1. The molecule has 0 aliphatic rings. The molecule has 0 aromatic heterocycles. The van der Waals surface area contributed by atoms with Crippen LogP contribution >= 0.6 is 28.1 Å². The normalized spacial score (nSPS) is 10.2. The van der Waals surface area contributed by atoms with Gasteiger partial charge >= 0.3 is 0 Å². The molecule has 2 rings (SSSR count). The molecule has 8 nitrogen and oxygen atoms in total. The molecule has 0 aliphatic carbocycles. The van der Waals surface area contributed by atoms with Crippen LogP contribution in [0.5, 0.6) is 11.5 Å². The summed E-state index contributed by atoms with van der Waals surface area (Å²) in [6, 6.07) is 12.1. The number of benzene rings is 2. The Morgan fingerprint density at radius 2 is 1.81 bits per heavy atom. The number of carbonyl (C=O) groups is 2. The Morgan fingerprint density at radius 3 is 2.55 bits per heavy atom. The van der Waals surface area contributed by atoms with Gasteiger partial charge in [-0.1, -0.05) is 22.0 Å². The largest absolute Gasteiger partial charge is 0.491 e. The lowest BCUT2D eigenvalue weighted by atomic mass is 10.2. The van der Waals surface area contributed by atoms with E-state index in [0.717, 1.165) is 10.0 Å². The molecule has 0 spiro atoms. The Balaban J connectivity index is 1.74. The Bertz CT molecular complexity index is 926. The number of aryl methyl sites for hydroxylation is 1. The maximum absolute atomic E-state index is 12.3. The molecule has 0 unspecified atom stereocenters. The first-order valence-corrected chi connectivity index (χ1v) is 10.7. The molecule has 2 aromatic carbocycles. The zero-order valence-corrected chi connectivity index (χ0v) is 19.6. The summed E-state index contributed by atoms with van der Waals surface area (Å²) in [5.41, 5.74) is 6.19. The quantitative estimate of drug-likeness (QED) is 0.271. The van der Waals surface area contributed by atoms with Gasteiger partial charge in [0.25, 0.3) is 11.8 Å². The van der Waals surface area contributed by atoms with Gasteiger partial charge < -0.3 is 14.2 Å². The summed E-state index contributed by atoms with van der Waals surface area (Å²) in [7, 11) is 0. The maximum Gasteiger partial charge on any atom is 0.276 e. The van der Waals surface area contributed by atoms with Gasteiger partial charge in [-0.3, -0.25) is 25.8 Å². The van der Waals surface area contributed by atoms with Gasteiger partial charge in [-0.15, -0.1) is 0 Å². The lowest BCUT2D eigenvalue weighted by molar-refractivity contribution is -0.123. The summed E-state index contributed by atoms with van der Waals surface area (Å²) >= 11 is 8.44. The first-order valence-electron chi connectivity index (χ1n) is 9.48. The Morgan fingerprint density at radius 1 is 1.03 bits per heavy atom. The molecular weight excluding hydrogens is 486 g/mol. The maximum atomic E-state index is 12.3. The van der Waals surface area contributed by atoms with E-state index in [-0.39, 0.29) is 11.7 Å². The summed E-state index contributed by atoms with van der Waals surface area (Å²) in [4.78, 5) is 24.3. The summed E-state index contributed by atoms with van der Waals surface area (Å²) < 4.78 is 17.1. The Hall–Kier alpha value is -2.69. The van der Waals surface area contributed by atoms with E-state index in [1.165, 1.54) is 0 Å². The molecule has 0 fully saturated rings. The fraction of sp³-hybridized carbons (Fsp3) is 0.286. The molecular formula is C21H24BrN3O5S. The zero-order chi connectivity index (χ0) is 22.6. The molecule has 31 heavy (non-hydrogen) atoms. The topological polar surface area (TPSA) is 97.9 Å². The van der Waals surface area contributed by atoms with Crippen LogP contribution in [0.25, 0.3) is 0 Å². The van der Waals surface area contributed by atoms with Gasteiger partial charge in [-0.25, -0.2) is 0 Å². The number of amides is 2. The number of rotatable bonds is 9. The molecule has 0 aliphatic heterocycles. The van der Waals surface area contributed by atoms with Crippen molar-refractivity contribution in [2.24, 2.45) is 0 Å². The third-order valence-corrected chi connectivity index (χ3v) is 4.93. The van der Waals surface area contributed by atoms with Crippen molar-refractivity contribution in [2.75, 3.05) is 26.4 Å². The third-order valence-electron chi connectivity index (χ3n) is 3.84. The number of hydrogen-bond donors (Lipinski definition) is 3. The second-order valence-electron chi connectivity index (χ2n) is 6.23. The predicted molar refractivity (Wildman–Crippen MR) is 124 cm³/mol. The Labute approximate surface area is 194 Å². The average Bonchev–Trinajstić information content (AvgIpc) is 2.76. The standard InChI is InChI=1S/C21H24BrN3O5S/c1-3-28-9-10-29-16-6-4-5-15(12-16)20(27)23-21(31)25-24-19(26)13-30-17-7-8-18(22)14(2)11-17/h4-8,11-12H,3,9-10,13H2,1-2H3,(H,24,26)(H2,23,25,27,31). The number of hydrazine groups is 1. The lowest BCUT2D eigenvalue weighted by Crippen LogP contribution is -2.49. The Kier molecular flexibility index (Phi) is 10.2. The van der Waals surface area contributed by atoms with E-state index in [0.29, 0.717) is 36.9 Å². The number of halogens is 1. The van der Waals surface area contributed by atoms with E-state index < -0.39 is 11.8 Å². The van der Waals surface area contributed by atoms with Crippen LogP contribution in [0, 0.1) is 6.92 Å². The predicted octanol–water partition coefficient (Wildman–Crippen LogP) is 2.89. The fourth-order valence-corrected chi connectivity index (χ4v) is 2.71. The molecule has 166 valence electrons. The summed E-state index contributed by atoms with van der Waals surface area (Å²) in [6.07, 6.45) is 0. The van der Waals surface area contributed by atoms with Crippen LogP contribution in [0.3, 0.4) is 0 Å². The van der Waals surface area contributed by atoms with Crippen LogP contribution in [0.2, 0.25) is 0 Å². The molecule has 0 atom stereocenters. The number of nitrogens with one attached hydrogen (secondary N) is 3. The summed E-state index contributed by atoms with van der Waals surface area (Å²) in [5, 5.41) is 2.43. The molecule has 0 bridgehead atoms. The first kappa shape index (κ1) is 24.6. The van der Waals surface area contributed by atoms with Gasteiger partial charge in [0.15, 0.2) is 11.7 Å². The minimum absolute atomic E-state index is 0.0551. The van der Waals surface area contributed by atoms with E-state index >= 15 is 0 Å². The van der Waals surface area contributed by atoms with E-state index in [2.05, 4.69) is 32.1 Å². The number of ether oxygens (including phenoxy) is 3. The van der Waals surface area contributed by atoms with Gasteiger partial charge in [-0.2, -0.15) is 0 Å². The number of hydrogen-bond acceptors (Lipinski definition) is 6. The number of thiocarbonyl (C=S) groups is 1. The molecule has 2 aromatic rings. The van der Waals surface area contributed by atoms with Crippen LogP contribution in [-0.2, 0) is 9.53 Å². The number of carbonyl (C=O) groups excluding carboxylic acids is 2. The van der Waals surface area contributed by atoms with Crippen molar-refractivity contribution >= 4 is 45.1 Å². The van der Waals surface area contributed by atoms with Crippen LogP contribution in [0.1, 0.15) is 22.8 Å². The first-order chi connectivity index (χ1) is 14.9. The highest BCUT2D eigenvalue weighted by atomic mass is 79.9. The minimum Gasteiger partial charge on any atom is -0.491 e. The van der Waals surface area contributed by atoms with Gasteiger partial charge in [0.1, 0.15) is 18.1 Å². The van der Waals surface area contributed by atoms with Gasteiger partial charge in [0.05, 0.1) is 6.61 Å². The molecule has 0 heterocycles. The minimum atomic E-state index is -0.457. The van der Waals surface area contributed by atoms with Crippen molar-refractivity contribution < 1.29 is 23.8 Å². The van der Waals surface area contributed by atoms with E-state index in [4.69, 9.17) is 26.4 Å². The fourth-order valence-electron chi connectivity index (χ4n) is 2.31. The van der Waals surface area contributed by atoms with Crippen molar-refractivity contribution in [1.82, 2.24) is 16.2 Å². The van der Waals surface area contributed by atoms with Crippen molar-refractivity contribution in [2.45, 2.75) is 13.8 Å². The van der Waals surface area contributed by atoms with Gasteiger partial charge in [0.2, 0.25) is 0 Å². The molecule has 10 heteroatoms. The van der Waals surface area contributed by atoms with Crippen LogP contribution in [-0.4, -0.2) is 43.4 Å². The smallest absolute Gasteiger partial charge is 0.276 e. The molecule has 0 saturated heterocycles. The highest BCUT2D eigenvalue weighted by molar-refractivity contribution is 9.10. The lowest BCUT2D eigenvalue weighted by Gasteiger charge is -2.12. The molecule has 2 amide bonds. The second-order valence-corrected chi connectivity index (χ2v) is 7.49. The summed E-state index contributed by atoms with van der Waals surface area (Å²) in [6.45, 7) is 5.07. The average molecular weight is 510 g/mol. The van der Waals surface area contributed by atoms with Crippen molar-refractivity contribution in [3.8, 4) is 11.5 Å². The highest BCUT2D eigenvalue weighted by Crippen LogP contribution is 2.21. The van der Waals surface area contributed by atoms with E-state index in [1.54, 1.807) is 30.3 Å². The molecule has 3 N–H and O–H groups in total. The van der Waals surface area contributed by atoms with Gasteiger partial charge in [0, 0.05) is 16.6 Å². The van der Waals surface area contributed by atoms with Crippen LogP contribution in [0.4, 0.5) is 0 Å².